The van der Waals surface area contributed by atoms with Gasteiger partial charge in [0.2, 0.25) is 5.03 Å². The third-order valence-electron chi connectivity index (χ3n) is 7.36. The smallest absolute Gasteiger partial charge is 0.264 e. The Balaban J connectivity index is 1.42. The van der Waals surface area contributed by atoms with Crippen molar-refractivity contribution in [1.82, 2.24) is 34.1 Å². The van der Waals surface area contributed by atoms with E-state index in [1.54, 1.807) is 47.4 Å². The van der Waals surface area contributed by atoms with E-state index in [0.29, 0.717) is 18.7 Å². The number of hydrogen-bond acceptors (Lipinski definition) is 7. The number of nitrogens with zero attached hydrogens (tertiary/aromatic N) is 7. The number of piperidine rings is 1. The normalized spacial score (nSPS) is 19.3. The van der Waals surface area contributed by atoms with E-state index in [1.165, 1.54) is 27.3 Å². The zero-order chi connectivity index (χ0) is 27.2. The van der Waals surface area contributed by atoms with Gasteiger partial charge in [0.1, 0.15) is 11.5 Å². The Kier molecular flexibility index (Phi) is 6.23. The molecule has 1 aliphatic carbocycles. The van der Waals surface area contributed by atoms with E-state index in [0.717, 1.165) is 23.3 Å². The summed E-state index contributed by atoms with van der Waals surface area (Å²) in [6.45, 7) is 2.65. The molecule has 0 radical (unpaired) electrons. The molecule has 1 atom stereocenters. The second-order valence-electron chi connectivity index (χ2n) is 9.82. The summed E-state index contributed by atoms with van der Waals surface area (Å²) in [4.78, 5) is 18.5. The highest BCUT2D eigenvalue weighted by Crippen LogP contribution is 2.47. The molecule has 4 heterocycles. The number of fused-ring (bicyclic) bond motifs is 2. The van der Waals surface area contributed by atoms with Gasteiger partial charge < -0.3 is 0 Å². The van der Waals surface area contributed by atoms with Crippen LogP contribution in [0.2, 0.25) is 0 Å². The van der Waals surface area contributed by atoms with Gasteiger partial charge >= 0.3 is 0 Å². The highest BCUT2D eigenvalue weighted by atomic mass is 32.2. The second-order valence-corrected chi connectivity index (χ2v) is 11.7. The summed E-state index contributed by atoms with van der Waals surface area (Å²) >= 11 is 0. The molecule has 3 aromatic heterocycles. The molecule has 6 rings (SSSR count). The van der Waals surface area contributed by atoms with E-state index in [-0.39, 0.29) is 41.8 Å². The van der Waals surface area contributed by atoms with Crippen LogP contribution in [-0.4, -0.2) is 61.4 Å². The van der Waals surface area contributed by atoms with Gasteiger partial charge in [0.25, 0.3) is 10.0 Å². The summed E-state index contributed by atoms with van der Waals surface area (Å²) in [5.74, 6) is -0.592. The van der Waals surface area contributed by atoms with Crippen molar-refractivity contribution in [2.75, 3.05) is 13.1 Å². The largest absolute Gasteiger partial charge is 0.291 e. The molecule has 4 aromatic rings. The number of sulfonamides is 1. The van der Waals surface area contributed by atoms with Crippen LogP contribution in [0.15, 0.2) is 71.7 Å². The summed E-state index contributed by atoms with van der Waals surface area (Å²) in [6.07, 6.45) is 7.98. The van der Waals surface area contributed by atoms with Crippen LogP contribution in [-0.2, 0) is 23.0 Å². The fourth-order valence-corrected chi connectivity index (χ4v) is 6.80. The van der Waals surface area contributed by atoms with Crippen LogP contribution >= 0.6 is 0 Å². The Bertz CT molecular complexity index is 1680. The zero-order valence-corrected chi connectivity index (χ0v) is 22.1. The second kappa shape index (κ2) is 9.62. The van der Waals surface area contributed by atoms with Crippen LogP contribution in [0.25, 0.3) is 11.8 Å². The maximum atomic E-state index is 14.2. The Morgan fingerprint density at radius 1 is 1.15 bits per heavy atom. The first-order valence-corrected chi connectivity index (χ1v) is 14.2. The minimum absolute atomic E-state index is 0.0572. The number of carbonyl (C=O) groups is 1. The molecule has 39 heavy (non-hydrogen) atoms. The minimum Gasteiger partial charge on any atom is -0.291 e. The Morgan fingerprint density at radius 2 is 1.97 bits per heavy atom. The number of aromatic nitrogens is 6. The number of halogens is 1. The molecular formula is C27H26FN7O3S. The molecule has 0 amide bonds. The van der Waals surface area contributed by atoms with Gasteiger partial charge in [-0.25, -0.2) is 17.5 Å². The van der Waals surface area contributed by atoms with Gasteiger partial charge in [0.05, 0.1) is 29.2 Å². The predicted molar refractivity (Wildman–Crippen MR) is 140 cm³/mol. The van der Waals surface area contributed by atoms with E-state index >= 15 is 0 Å². The quantitative estimate of drug-likeness (QED) is 0.326. The summed E-state index contributed by atoms with van der Waals surface area (Å²) in [5, 5.41) is 12.3. The van der Waals surface area contributed by atoms with Crippen LogP contribution in [0.1, 0.15) is 41.5 Å². The minimum atomic E-state index is -4.00. The number of rotatable bonds is 7. The van der Waals surface area contributed by atoms with Crippen molar-refractivity contribution in [2.24, 2.45) is 5.41 Å². The summed E-state index contributed by atoms with van der Waals surface area (Å²) in [6, 6.07) is 11.1. The highest BCUT2D eigenvalue weighted by Gasteiger charge is 2.51. The van der Waals surface area contributed by atoms with Crippen molar-refractivity contribution in [3.05, 3.63) is 89.4 Å². The molecule has 1 fully saturated rings. The fraction of sp³-hybridized carbons (Fsp3) is 0.296. The number of Topliss-reactive ketones (excluding diaryl/α,β-unsaturated/α-hetero) is 1. The topological polar surface area (TPSA) is 116 Å². The lowest BCUT2D eigenvalue weighted by molar-refractivity contribution is 0.0770. The molecule has 12 heteroatoms. The van der Waals surface area contributed by atoms with Crippen molar-refractivity contribution >= 4 is 21.9 Å². The number of hydrogen-bond donors (Lipinski definition) is 0. The lowest BCUT2D eigenvalue weighted by atomic mass is 9.65. The maximum absolute atomic E-state index is 14.2. The molecule has 10 nitrogen and oxygen atoms in total. The Hall–Kier alpha value is -4.03. The standard InChI is InChI=1S/C27H26FN7O3S/c1-2-12-33-17-25(31-32-33)39(37,38)34-13-10-20-14-24-19(16-30-35(24)22-8-6-21(28)7-9-22)15-27(20,18-34)26(36)23-5-3-4-11-29-23/h3-9,11,14,16-17H,2,10,12-13,15,18H2,1H3. The van der Waals surface area contributed by atoms with Crippen LogP contribution in [0.5, 0.6) is 0 Å². The van der Waals surface area contributed by atoms with Gasteiger partial charge in [-0.05, 0) is 67.3 Å². The number of pyridine rings is 1. The number of benzene rings is 1. The Labute approximate surface area is 224 Å². The molecular weight excluding hydrogens is 521 g/mol. The number of ketones is 1. The lowest BCUT2D eigenvalue weighted by Gasteiger charge is -2.44. The Morgan fingerprint density at radius 3 is 2.72 bits per heavy atom. The van der Waals surface area contributed by atoms with Crippen molar-refractivity contribution in [1.29, 1.82) is 0 Å². The molecule has 0 bridgehead atoms. The van der Waals surface area contributed by atoms with Gasteiger partial charge in [-0.1, -0.05) is 23.8 Å². The van der Waals surface area contributed by atoms with Gasteiger partial charge in [-0.3, -0.25) is 14.5 Å². The SMILES string of the molecule is CCCn1cc(S(=O)(=O)N2CCC3=Cc4c(cnn4-c4ccc(F)cc4)CC3(C(=O)c3ccccn3)C2)nn1. The predicted octanol–water partition coefficient (Wildman–Crippen LogP) is 3.31. The third-order valence-corrected chi connectivity index (χ3v) is 9.07. The summed E-state index contributed by atoms with van der Waals surface area (Å²) in [5.41, 5.74) is 2.19. The fourth-order valence-electron chi connectivity index (χ4n) is 5.42. The molecule has 2 aliphatic rings. The first-order valence-electron chi connectivity index (χ1n) is 12.7. The van der Waals surface area contributed by atoms with E-state index in [9.17, 15) is 17.6 Å². The lowest BCUT2D eigenvalue weighted by Crippen LogP contribution is -2.53. The third kappa shape index (κ3) is 4.29. The first-order chi connectivity index (χ1) is 18.8. The first kappa shape index (κ1) is 25.3. The number of aryl methyl sites for hydroxylation is 1. The van der Waals surface area contributed by atoms with Gasteiger partial charge in [0, 0.05) is 25.8 Å². The van der Waals surface area contributed by atoms with Crippen LogP contribution < -0.4 is 0 Å². The van der Waals surface area contributed by atoms with E-state index in [2.05, 4.69) is 20.4 Å². The van der Waals surface area contributed by atoms with Gasteiger partial charge in [-0.2, -0.15) is 9.40 Å². The average molecular weight is 548 g/mol. The van der Waals surface area contributed by atoms with Crippen LogP contribution in [0, 0.1) is 11.2 Å². The summed E-state index contributed by atoms with van der Waals surface area (Å²) < 4.78 is 45.4. The monoisotopic (exact) mass is 547 g/mol. The molecule has 200 valence electrons. The molecule has 1 saturated heterocycles. The van der Waals surface area contributed by atoms with Crippen LogP contribution in [0.3, 0.4) is 0 Å². The molecule has 1 aliphatic heterocycles. The molecule has 0 spiro atoms. The van der Waals surface area contributed by atoms with Crippen molar-refractivity contribution in [2.45, 2.75) is 37.8 Å². The van der Waals surface area contributed by atoms with E-state index < -0.39 is 15.4 Å². The molecule has 0 saturated carbocycles. The zero-order valence-electron chi connectivity index (χ0n) is 21.2. The molecule has 1 aromatic carbocycles. The van der Waals surface area contributed by atoms with Gasteiger partial charge in [-0.15, -0.1) is 5.10 Å². The molecule has 0 N–H and O–H groups in total. The average Bonchev–Trinajstić information content (AvgIpc) is 3.59. The number of carbonyl (C=O) groups excluding carboxylic acids is 1. The van der Waals surface area contributed by atoms with Crippen molar-refractivity contribution in [3.63, 3.8) is 0 Å². The van der Waals surface area contributed by atoms with Gasteiger partial charge in [0.15, 0.2) is 5.78 Å². The van der Waals surface area contributed by atoms with E-state index in [4.69, 9.17) is 0 Å². The highest BCUT2D eigenvalue weighted by molar-refractivity contribution is 7.89. The molecule has 1 unspecified atom stereocenters. The van der Waals surface area contributed by atoms with Crippen molar-refractivity contribution in [3.8, 4) is 5.69 Å². The van der Waals surface area contributed by atoms with Crippen LogP contribution in [0.4, 0.5) is 4.39 Å². The maximum Gasteiger partial charge on any atom is 0.264 e. The van der Waals surface area contributed by atoms with E-state index in [1.807, 2.05) is 13.0 Å². The summed E-state index contributed by atoms with van der Waals surface area (Å²) in [7, 11) is -4.00. The van der Waals surface area contributed by atoms with Crippen molar-refractivity contribution < 1.29 is 17.6 Å².